The lowest BCUT2D eigenvalue weighted by Gasteiger charge is -2.40. The zero-order valence-electron chi connectivity index (χ0n) is 16.0. The highest BCUT2D eigenvalue weighted by Gasteiger charge is 2.40. The van der Waals surface area contributed by atoms with Crippen molar-refractivity contribution in [3.05, 3.63) is 46.8 Å². The lowest BCUT2D eigenvalue weighted by molar-refractivity contribution is -0.136. The first-order valence-corrected chi connectivity index (χ1v) is 12.5. The van der Waals surface area contributed by atoms with E-state index in [1.54, 1.807) is 6.07 Å². The molecule has 2 aliphatic rings. The predicted molar refractivity (Wildman–Crippen MR) is 116 cm³/mol. The monoisotopic (exact) mass is 453 g/mol. The summed E-state index contributed by atoms with van der Waals surface area (Å²) in [5, 5.41) is 0. The van der Waals surface area contributed by atoms with Crippen LogP contribution in [0.3, 0.4) is 0 Å². The van der Waals surface area contributed by atoms with Gasteiger partial charge in [-0.25, -0.2) is 8.42 Å². The van der Waals surface area contributed by atoms with Gasteiger partial charge in [-0.05, 0) is 37.1 Å². The van der Waals surface area contributed by atoms with E-state index in [2.05, 4.69) is 17.0 Å². The molecule has 2 saturated heterocycles. The summed E-state index contributed by atoms with van der Waals surface area (Å²) in [4.78, 5) is 17.3. The fourth-order valence-corrected chi connectivity index (χ4v) is 7.29. The van der Waals surface area contributed by atoms with Gasteiger partial charge in [-0.2, -0.15) is 4.31 Å². The van der Waals surface area contributed by atoms with Gasteiger partial charge in [-0.3, -0.25) is 4.79 Å². The number of amides is 1. The van der Waals surface area contributed by atoms with Crippen LogP contribution in [0.5, 0.6) is 0 Å². The molecule has 4 rings (SSSR count). The van der Waals surface area contributed by atoms with E-state index in [9.17, 15) is 13.2 Å². The number of carbonyl (C=O) groups is 1. The Hall–Kier alpha value is -1.61. The van der Waals surface area contributed by atoms with Gasteiger partial charge >= 0.3 is 0 Å². The van der Waals surface area contributed by atoms with Crippen LogP contribution in [-0.2, 0) is 14.8 Å². The van der Waals surface area contributed by atoms with E-state index in [0.717, 1.165) is 43.0 Å². The maximum Gasteiger partial charge on any atom is 0.253 e. The van der Waals surface area contributed by atoms with Crippen molar-refractivity contribution in [3.8, 4) is 0 Å². The number of piperidine rings is 1. The van der Waals surface area contributed by atoms with Gasteiger partial charge in [0.15, 0.2) is 0 Å². The van der Waals surface area contributed by atoms with Gasteiger partial charge in [0.2, 0.25) is 5.91 Å². The van der Waals surface area contributed by atoms with E-state index in [0.29, 0.717) is 30.4 Å². The van der Waals surface area contributed by atoms with Gasteiger partial charge in [0.25, 0.3) is 10.0 Å². The second kappa shape index (κ2) is 8.63. The number of benzene rings is 1. The number of anilines is 1. The van der Waals surface area contributed by atoms with E-state index in [1.165, 1.54) is 10.4 Å². The fraction of sp³-hybridized carbons (Fsp3) is 0.450. The molecule has 6 nitrogen and oxygen atoms in total. The first-order valence-electron chi connectivity index (χ1n) is 9.83. The van der Waals surface area contributed by atoms with Gasteiger partial charge < -0.3 is 9.80 Å². The summed E-state index contributed by atoms with van der Waals surface area (Å²) in [5.41, 5.74) is 1.15. The van der Waals surface area contributed by atoms with Gasteiger partial charge in [0, 0.05) is 38.4 Å². The molecule has 0 bridgehead atoms. The summed E-state index contributed by atoms with van der Waals surface area (Å²) < 4.78 is 28.3. The molecule has 2 fully saturated rings. The van der Waals surface area contributed by atoms with Crippen LogP contribution >= 0.6 is 22.9 Å². The summed E-state index contributed by atoms with van der Waals surface area (Å²) in [6.45, 7) is 3.07. The minimum atomic E-state index is -3.72. The maximum absolute atomic E-state index is 13.3. The first-order chi connectivity index (χ1) is 14.0. The molecule has 0 radical (unpaired) electrons. The van der Waals surface area contributed by atoms with Crippen LogP contribution in [0.2, 0.25) is 4.34 Å². The molecule has 29 heavy (non-hydrogen) atoms. The third-order valence-electron chi connectivity index (χ3n) is 5.56. The number of carbonyl (C=O) groups excluding carboxylic acids is 1. The van der Waals surface area contributed by atoms with Crippen molar-refractivity contribution >= 4 is 44.6 Å². The molecule has 156 valence electrons. The topological polar surface area (TPSA) is 60.9 Å². The van der Waals surface area contributed by atoms with Crippen LogP contribution in [-0.4, -0.2) is 62.3 Å². The second-order valence-electron chi connectivity index (χ2n) is 7.33. The van der Waals surface area contributed by atoms with Crippen LogP contribution in [0, 0.1) is 0 Å². The van der Waals surface area contributed by atoms with Crippen LogP contribution < -0.4 is 4.90 Å². The first kappa shape index (κ1) is 20.7. The number of rotatable bonds is 4. The highest BCUT2D eigenvalue weighted by molar-refractivity contribution is 7.91. The van der Waals surface area contributed by atoms with Gasteiger partial charge in [0.05, 0.1) is 4.34 Å². The molecular weight excluding hydrogens is 430 g/mol. The van der Waals surface area contributed by atoms with Crippen molar-refractivity contribution in [2.75, 3.05) is 37.6 Å². The zero-order valence-corrected chi connectivity index (χ0v) is 18.4. The summed E-state index contributed by atoms with van der Waals surface area (Å²) in [6.07, 6.45) is 2.19. The maximum atomic E-state index is 13.3. The van der Waals surface area contributed by atoms with Gasteiger partial charge in [0.1, 0.15) is 10.3 Å². The van der Waals surface area contributed by atoms with Crippen molar-refractivity contribution in [2.45, 2.75) is 29.5 Å². The fourth-order valence-electron chi connectivity index (χ4n) is 4.03. The molecule has 0 saturated carbocycles. The van der Waals surface area contributed by atoms with E-state index in [1.807, 2.05) is 23.1 Å². The SMILES string of the molecule is O=C([C@@H]1CCCCN1S(=O)(=O)c1ccc(Cl)s1)N1CCN(c2ccccc2)CC1. The largest absolute Gasteiger partial charge is 0.368 e. The summed E-state index contributed by atoms with van der Waals surface area (Å²) >= 11 is 6.99. The Morgan fingerprint density at radius 3 is 2.34 bits per heavy atom. The number of piperazine rings is 1. The number of nitrogens with zero attached hydrogens (tertiary/aromatic N) is 3. The van der Waals surface area contributed by atoms with E-state index in [4.69, 9.17) is 11.6 Å². The van der Waals surface area contributed by atoms with E-state index in [-0.39, 0.29) is 10.1 Å². The third kappa shape index (κ3) is 4.30. The Balaban J connectivity index is 1.47. The minimum Gasteiger partial charge on any atom is -0.368 e. The highest BCUT2D eigenvalue weighted by Crippen LogP contribution is 2.32. The molecule has 0 N–H and O–H groups in total. The molecule has 2 aliphatic heterocycles. The molecule has 3 heterocycles. The summed E-state index contributed by atoms with van der Waals surface area (Å²) in [6, 6.07) is 12.6. The Kier molecular flexibility index (Phi) is 6.15. The molecule has 1 aromatic heterocycles. The molecule has 2 aromatic rings. The smallest absolute Gasteiger partial charge is 0.253 e. The number of hydrogen-bond donors (Lipinski definition) is 0. The Morgan fingerprint density at radius 1 is 0.966 bits per heavy atom. The molecule has 0 aliphatic carbocycles. The highest BCUT2D eigenvalue weighted by atomic mass is 35.5. The number of halogens is 1. The number of para-hydroxylation sites is 1. The van der Waals surface area contributed by atoms with Crippen molar-refractivity contribution in [3.63, 3.8) is 0 Å². The van der Waals surface area contributed by atoms with Crippen LogP contribution in [0.1, 0.15) is 19.3 Å². The molecule has 0 spiro atoms. The lowest BCUT2D eigenvalue weighted by Crippen LogP contribution is -2.57. The molecule has 1 atom stereocenters. The Morgan fingerprint density at radius 2 is 1.69 bits per heavy atom. The lowest BCUT2D eigenvalue weighted by atomic mass is 10.0. The number of thiophene rings is 1. The normalized spacial score (nSPS) is 21.3. The summed E-state index contributed by atoms with van der Waals surface area (Å²) in [5.74, 6) is -0.0800. The molecule has 1 amide bonds. The van der Waals surface area contributed by atoms with E-state index < -0.39 is 16.1 Å². The zero-order chi connectivity index (χ0) is 20.4. The van der Waals surface area contributed by atoms with Crippen LogP contribution in [0.15, 0.2) is 46.7 Å². The minimum absolute atomic E-state index is 0.0800. The standard InChI is InChI=1S/C20H24ClN3O3S2/c21-18-9-10-19(28-18)29(26,27)24-11-5-4-8-17(24)20(25)23-14-12-22(13-15-23)16-6-2-1-3-7-16/h1-3,6-7,9-10,17H,4-5,8,11-15H2/t17-/m0/s1. The average molecular weight is 454 g/mol. The Bertz CT molecular complexity index is 956. The number of hydrogen-bond acceptors (Lipinski definition) is 5. The molecule has 9 heteroatoms. The van der Waals surface area contributed by atoms with Crippen molar-refractivity contribution < 1.29 is 13.2 Å². The van der Waals surface area contributed by atoms with Gasteiger partial charge in [-0.15, -0.1) is 11.3 Å². The average Bonchev–Trinajstić information content (AvgIpc) is 3.21. The Labute approximate surface area is 180 Å². The molecule has 1 aromatic carbocycles. The molecule has 0 unspecified atom stereocenters. The molecular formula is C20H24ClN3O3S2. The third-order valence-corrected chi connectivity index (χ3v) is 9.17. The summed E-state index contributed by atoms with van der Waals surface area (Å²) in [7, 11) is -3.72. The predicted octanol–water partition coefficient (Wildman–Crippen LogP) is 3.29. The van der Waals surface area contributed by atoms with Crippen molar-refractivity contribution in [1.82, 2.24) is 9.21 Å². The van der Waals surface area contributed by atoms with E-state index >= 15 is 0 Å². The van der Waals surface area contributed by atoms with Crippen LogP contribution in [0.4, 0.5) is 5.69 Å². The van der Waals surface area contributed by atoms with Crippen LogP contribution in [0.25, 0.3) is 0 Å². The van der Waals surface area contributed by atoms with Crippen molar-refractivity contribution in [2.24, 2.45) is 0 Å². The van der Waals surface area contributed by atoms with Crippen molar-refractivity contribution in [1.29, 1.82) is 0 Å². The second-order valence-corrected chi connectivity index (χ2v) is 11.2. The van der Waals surface area contributed by atoms with Gasteiger partial charge in [-0.1, -0.05) is 36.2 Å². The quantitative estimate of drug-likeness (QED) is 0.712. The number of sulfonamides is 1.